The van der Waals surface area contributed by atoms with E-state index in [-0.39, 0.29) is 42.4 Å². The zero-order valence-corrected chi connectivity index (χ0v) is 17.2. The lowest BCUT2D eigenvalue weighted by molar-refractivity contribution is 0.0186. The zero-order chi connectivity index (χ0) is 17.7. The van der Waals surface area contributed by atoms with Gasteiger partial charge in [-0.2, -0.15) is 0 Å². The number of nitrogens with zero attached hydrogens (tertiary/aromatic N) is 3. The van der Waals surface area contributed by atoms with Gasteiger partial charge < -0.3 is 20.3 Å². The molecule has 1 fully saturated rings. The van der Waals surface area contributed by atoms with Gasteiger partial charge in [-0.25, -0.2) is 14.2 Å². The number of hydrogen-bond donors (Lipinski definition) is 1. The van der Waals surface area contributed by atoms with E-state index in [1.54, 1.807) is 23.1 Å². The number of nitrogens with two attached hydrogens (primary N) is 1. The van der Waals surface area contributed by atoms with Crippen LogP contribution >= 0.6 is 24.0 Å². The summed E-state index contributed by atoms with van der Waals surface area (Å²) in [6, 6.07) is 6.50. The van der Waals surface area contributed by atoms with Gasteiger partial charge in [0, 0.05) is 31.7 Å². The summed E-state index contributed by atoms with van der Waals surface area (Å²) in [5, 5.41) is 0. The monoisotopic (exact) mass is 464 g/mol. The molecule has 25 heavy (non-hydrogen) atoms. The molecule has 0 radical (unpaired) electrons. The topological polar surface area (TPSA) is 71.2 Å². The van der Waals surface area contributed by atoms with Crippen LogP contribution in [0.5, 0.6) is 0 Å². The molecule has 1 saturated heterocycles. The van der Waals surface area contributed by atoms with Gasteiger partial charge in [-0.05, 0) is 26.8 Å². The molecule has 0 spiro atoms. The maximum Gasteiger partial charge on any atom is 0.410 e. The van der Waals surface area contributed by atoms with Gasteiger partial charge in [-0.3, -0.25) is 0 Å². The average molecular weight is 464 g/mol. The van der Waals surface area contributed by atoms with Crippen molar-refractivity contribution >= 4 is 36.0 Å². The molecule has 1 amide bonds. The summed E-state index contributed by atoms with van der Waals surface area (Å²) in [4.78, 5) is 19.8. The van der Waals surface area contributed by atoms with Crippen LogP contribution < -0.4 is 5.73 Å². The molecule has 1 aliphatic heterocycles. The Labute approximate surface area is 165 Å². The minimum atomic E-state index is -0.505. The third-order valence-electron chi connectivity index (χ3n) is 3.62. The van der Waals surface area contributed by atoms with E-state index in [2.05, 4.69) is 4.99 Å². The fraction of sp³-hybridized carbons (Fsp3) is 0.529. The van der Waals surface area contributed by atoms with Crippen molar-refractivity contribution in [1.82, 2.24) is 9.80 Å². The van der Waals surface area contributed by atoms with E-state index in [1.165, 1.54) is 6.07 Å². The number of guanidine groups is 1. The first-order valence-corrected chi connectivity index (χ1v) is 8.02. The van der Waals surface area contributed by atoms with Gasteiger partial charge in [0.15, 0.2) is 5.96 Å². The summed E-state index contributed by atoms with van der Waals surface area (Å²) in [6.45, 7) is 7.91. The van der Waals surface area contributed by atoms with Crippen molar-refractivity contribution in [3.8, 4) is 0 Å². The van der Waals surface area contributed by atoms with Gasteiger partial charge in [0.2, 0.25) is 0 Å². The highest BCUT2D eigenvalue weighted by atomic mass is 127. The van der Waals surface area contributed by atoms with E-state index in [9.17, 15) is 9.18 Å². The molecule has 0 aliphatic carbocycles. The van der Waals surface area contributed by atoms with Gasteiger partial charge in [0.25, 0.3) is 0 Å². The Bertz CT molecular complexity index is 611. The maximum atomic E-state index is 13.6. The number of piperazine rings is 1. The number of aliphatic imine (C=N–C) groups is 1. The Hall–Kier alpha value is -1.58. The first kappa shape index (κ1) is 21.5. The third-order valence-corrected chi connectivity index (χ3v) is 3.62. The summed E-state index contributed by atoms with van der Waals surface area (Å²) in [6.07, 6.45) is -0.316. The van der Waals surface area contributed by atoms with Crippen LogP contribution in [0.2, 0.25) is 0 Å². The Morgan fingerprint density at radius 3 is 2.32 bits per heavy atom. The normalized spacial score (nSPS) is 15.6. The van der Waals surface area contributed by atoms with Crippen molar-refractivity contribution in [3.63, 3.8) is 0 Å². The molecule has 2 rings (SSSR count). The van der Waals surface area contributed by atoms with Crippen molar-refractivity contribution < 1.29 is 13.9 Å². The van der Waals surface area contributed by atoms with Crippen molar-refractivity contribution in [1.29, 1.82) is 0 Å². The third kappa shape index (κ3) is 6.68. The largest absolute Gasteiger partial charge is 0.444 e. The van der Waals surface area contributed by atoms with Gasteiger partial charge in [-0.15, -0.1) is 24.0 Å². The molecular weight excluding hydrogens is 438 g/mol. The molecule has 0 bridgehead atoms. The minimum absolute atomic E-state index is 0. The van der Waals surface area contributed by atoms with Crippen LogP contribution in [0.1, 0.15) is 26.3 Å². The summed E-state index contributed by atoms with van der Waals surface area (Å²) < 4.78 is 18.9. The molecule has 8 heteroatoms. The number of carbonyl (C=O) groups excluding carboxylic acids is 1. The van der Waals surface area contributed by atoms with Crippen molar-refractivity contribution in [2.75, 3.05) is 26.2 Å². The van der Waals surface area contributed by atoms with Crippen LogP contribution in [-0.4, -0.2) is 53.6 Å². The van der Waals surface area contributed by atoms with Gasteiger partial charge in [0.1, 0.15) is 11.4 Å². The average Bonchev–Trinajstić information content (AvgIpc) is 2.52. The molecular formula is C17H26FIN4O2. The predicted molar refractivity (Wildman–Crippen MR) is 107 cm³/mol. The second-order valence-electron chi connectivity index (χ2n) is 6.72. The molecule has 1 aromatic carbocycles. The van der Waals surface area contributed by atoms with Crippen LogP contribution in [0, 0.1) is 5.82 Å². The SMILES string of the molecule is CC(C)(C)OC(=O)N1CCN(C(N)=NCc2ccccc2F)CC1.I. The van der Waals surface area contributed by atoms with Crippen molar-refractivity contribution in [2.45, 2.75) is 32.9 Å². The quantitative estimate of drug-likeness (QED) is 0.415. The maximum absolute atomic E-state index is 13.6. The van der Waals surface area contributed by atoms with Crippen molar-refractivity contribution in [3.05, 3.63) is 35.6 Å². The Kier molecular flexibility index (Phi) is 7.91. The highest BCUT2D eigenvalue weighted by Gasteiger charge is 2.26. The van der Waals surface area contributed by atoms with Crippen LogP contribution in [0.4, 0.5) is 9.18 Å². The van der Waals surface area contributed by atoms with Gasteiger partial charge >= 0.3 is 6.09 Å². The van der Waals surface area contributed by atoms with Crippen molar-refractivity contribution in [2.24, 2.45) is 10.7 Å². The lowest BCUT2D eigenvalue weighted by Gasteiger charge is -2.36. The number of amides is 1. The molecule has 140 valence electrons. The second kappa shape index (κ2) is 9.21. The van der Waals surface area contributed by atoms with Crippen LogP contribution in [0.3, 0.4) is 0 Å². The highest BCUT2D eigenvalue weighted by molar-refractivity contribution is 14.0. The van der Waals surface area contributed by atoms with Gasteiger partial charge in [0.05, 0.1) is 6.54 Å². The summed E-state index contributed by atoms with van der Waals surface area (Å²) in [7, 11) is 0. The summed E-state index contributed by atoms with van der Waals surface area (Å²) in [5.74, 6) is 0.0749. The number of benzene rings is 1. The standard InChI is InChI=1S/C17H25FN4O2.HI/c1-17(2,3)24-16(23)22-10-8-21(9-11-22)15(19)20-12-13-6-4-5-7-14(13)18;/h4-7H,8-12H2,1-3H3,(H2,19,20);1H. The summed E-state index contributed by atoms with van der Waals surface area (Å²) in [5.41, 5.74) is 5.99. The predicted octanol–water partition coefficient (Wildman–Crippen LogP) is 2.81. The molecule has 1 heterocycles. The van der Waals surface area contributed by atoms with E-state index in [1.807, 2.05) is 25.7 Å². The fourth-order valence-corrected chi connectivity index (χ4v) is 2.34. The molecule has 0 unspecified atom stereocenters. The fourth-order valence-electron chi connectivity index (χ4n) is 2.34. The number of rotatable bonds is 2. The summed E-state index contributed by atoms with van der Waals surface area (Å²) >= 11 is 0. The van der Waals surface area contributed by atoms with E-state index in [0.29, 0.717) is 37.7 Å². The highest BCUT2D eigenvalue weighted by Crippen LogP contribution is 2.12. The smallest absolute Gasteiger partial charge is 0.410 e. The van der Waals surface area contributed by atoms with E-state index >= 15 is 0 Å². The number of halogens is 2. The molecule has 0 atom stereocenters. The zero-order valence-electron chi connectivity index (χ0n) is 14.9. The molecule has 2 N–H and O–H groups in total. The second-order valence-corrected chi connectivity index (χ2v) is 6.72. The van der Waals surface area contributed by atoms with Crippen LogP contribution in [-0.2, 0) is 11.3 Å². The van der Waals surface area contributed by atoms with E-state index in [4.69, 9.17) is 10.5 Å². The number of ether oxygens (including phenoxy) is 1. The Balaban J connectivity index is 0.00000312. The first-order valence-electron chi connectivity index (χ1n) is 8.02. The lowest BCUT2D eigenvalue weighted by Crippen LogP contribution is -2.53. The number of hydrogen-bond acceptors (Lipinski definition) is 3. The van der Waals surface area contributed by atoms with E-state index < -0.39 is 5.60 Å². The van der Waals surface area contributed by atoms with E-state index in [0.717, 1.165) is 0 Å². The Morgan fingerprint density at radius 2 is 1.76 bits per heavy atom. The Morgan fingerprint density at radius 1 is 1.20 bits per heavy atom. The van der Waals surface area contributed by atoms with Crippen LogP contribution in [0.15, 0.2) is 29.3 Å². The molecule has 1 aromatic rings. The molecule has 0 aromatic heterocycles. The minimum Gasteiger partial charge on any atom is -0.444 e. The van der Waals surface area contributed by atoms with Gasteiger partial charge in [-0.1, -0.05) is 18.2 Å². The molecule has 6 nitrogen and oxygen atoms in total. The number of carbonyl (C=O) groups is 1. The molecule has 0 saturated carbocycles. The first-order chi connectivity index (χ1) is 11.3. The van der Waals surface area contributed by atoms with Crippen LogP contribution in [0.25, 0.3) is 0 Å². The molecule has 1 aliphatic rings. The lowest BCUT2D eigenvalue weighted by atomic mass is 10.2.